The Labute approximate surface area is 113 Å². The maximum absolute atomic E-state index is 12.4. The second kappa shape index (κ2) is 4.83. The first kappa shape index (κ1) is 14.4. The van der Waals surface area contributed by atoms with Gasteiger partial charge in [-0.25, -0.2) is 0 Å². The number of carbonyl (C=O) groups is 1. The van der Waals surface area contributed by atoms with E-state index >= 15 is 0 Å². The standard InChI is InChI=1S/C12H13ClF3NO2/c13-11(19)5-1-2-8-3-6-17(7-4-9(8)11)10(18)12(14,15)16/h1-2,5,9,19H,3-4,6-7H2. The Bertz CT molecular complexity index is 443. The second-order valence-electron chi connectivity index (χ2n) is 4.71. The van der Waals surface area contributed by atoms with Crippen molar-refractivity contribution in [1.82, 2.24) is 4.90 Å². The van der Waals surface area contributed by atoms with Crippen LogP contribution < -0.4 is 0 Å². The number of rotatable bonds is 0. The molecule has 0 aromatic carbocycles. The van der Waals surface area contributed by atoms with E-state index in [0.717, 1.165) is 10.5 Å². The number of likely N-dealkylation sites (tertiary alicyclic amines) is 1. The summed E-state index contributed by atoms with van der Waals surface area (Å²) < 4.78 is 37.2. The van der Waals surface area contributed by atoms with Gasteiger partial charge < -0.3 is 10.0 Å². The lowest BCUT2D eigenvalue weighted by atomic mass is 9.85. The SMILES string of the molecule is O=C(N1CCC2=CC=CC(O)(Cl)C2CC1)C(F)(F)F. The highest BCUT2D eigenvalue weighted by Gasteiger charge is 2.45. The van der Waals surface area contributed by atoms with Gasteiger partial charge in [0.25, 0.3) is 0 Å². The van der Waals surface area contributed by atoms with Crippen molar-refractivity contribution in [1.29, 1.82) is 0 Å². The molecule has 0 aromatic heterocycles. The van der Waals surface area contributed by atoms with Gasteiger partial charge in [-0.05, 0) is 18.9 Å². The molecule has 0 saturated carbocycles. The number of hydrogen-bond donors (Lipinski definition) is 1. The zero-order valence-corrected chi connectivity index (χ0v) is 10.7. The Hall–Kier alpha value is -1.01. The lowest BCUT2D eigenvalue weighted by Crippen LogP contribution is -2.42. The Morgan fingerprint density at radius 2 is 2.16 bits per heavy atom. The van der Waals surface area contributed by atoms with Gasteiger partial charge >= 0.3 is 12.1 Å². The smallest absolute Gasteiger partial charge is 0.371 e. The van der Waals surface area contributed by atoms with E-state index in [2.05, 4.69) is 0 Å². The molecule has 1 saturated heterocycles. The van der Waals surface area contributed by atoms with Gasteiger partial charge in [0.15, 0.2) is 5.06 Å². The molecule has 1 N–H and O–H groups in total. The van der Waals surface area contributed by atoms with E-state index in [-0.39, 0.29) is 25.9 Å². The average molecular weight is 296 g/mol. The van der Waals surface area contributed by atoms with Crippen LogP contribution in [0.4, 0.5) is 13.2 Å². The normalized spacial score (nSPS) is 31.5. The molecule has 1 aliphatic carbocycles. The van der Waals surface area contributed by atoms with Crippen LogP contribution in [-0.2, 0) is 4.79 Å². The third kappa shape index (κ3) is 2.95. The van der Waals surface area contributed by atoms with Crippen LogP contribution >= 0.6 is 11.6 Å². The summed E-state index contributed by atoms with van der Waals surface area (Å²) >= 11 is 5.94. The number of hydrogen-bond acceptors (Lipinski definition) is 2. The van der Waals surface area contributed by atoms with Gasteiger partial charge in [-0.2, -0.15) is 13.2 Å². The topological polar surface area (TPSA) is 40.5 Å². The Morgan fingerprint density at radius 1 is 1.47 bits per heavy atom. The molecule has 1 amide bonds. The molecule has 2 aliphatic rings. The molecule has 0 aromatic rings. The molecule has 1 heterocycles. The zero-order chi connectivity index (χ0) is 14.3. The van der Waals surface area contributed by atoms with Crippen molar-refractivity contribution in [3.63, 3.8) is 0 Å². The molecule has 7 heteroatoms. The van der Waals surface area contributed by atoms with E-state index < -0.39 is 23.1 Å². The fraction of sp³-hybridized carbons (Fsp3) is 0.583. The predicted octanol–water partition coefficient (Wildman–Crippen LogP) is 2.21. The van der Waals surface area contributed by atoms with Crippen molar-refractivity contribution in [2.75, 3.05) is 13.1 Å². The molecule has 3 nitrogen and oxygen atoms in total. The van der Waals surface area contributed by atoms with Gasteiger partial charge in [-0.1, -0.05) is 29.3 Å². The number of carbonyl (C=O) groups excluding carboxylic acids is 1. The molecule has 0 spiro atoms. The minimum atomic E-state index is -4.86. The third-order valence-corrected chi connectivity index (χ3v) is 3.85. The second-order valence-corrected chi connectivity index (χ2v) is 5.31. The van der Waals surface area contributed by atoms with E-state index in [1.165, 1.54) is 6.08 Å². The number of aliphatic hydroxyl groups is 1. The fourth-order valence-corrected chi connectivity index (χ4v) is 2.81. The molecule has 19 heavy (non-hydrogen) atoms. The quantitative estimate of drug-likeness (QED) is 0.696. The molecule has 106 valence electrons. The molecule has 2 unspecified atom stereocenters. The first-order valence-corrected chi connectivity index (χ1v) is 6.25. The molecule has 2 atom stereocenters. The van der Waals surface area contributed by atoms with Crippen molar-refractivity contribution in [3.8, 4) is 0 Å². The maximum atomic E-state index is 12.4. The summed E-state index contributed by atoms with van der Waals surface area (Å²) in [4.78, 5) is 12.0. The number of alkyl halides is 4. The van der Waals surface area contributed by atoms with Crippen molar-refractivity contribution in [3.05, 3.63) is 23.8 Å². The van der Waals surface area contributed by atoms with Crippen LogP contribution in [0.2, 0.25) is 0 Å². The van der Waals surface area contributed by atoms with E-state index in [1.54, 1.807) is 12.2 Å². The van der Waals surface area contributed by atoms with E-state index in [9.17, 15) is 23.1 Å². The Morgan fingerprint density at radius 3 is 2.79 bits per heavy atom. The number of fused-ring (bicyclic) bond motifs is 1. The highest BCUT2D eigenvalue weighted by atomic mass is 35.5. The first-order valence-electron chi connectivity index (χ1n) is 5.87. The molecule has 1 aliphatic heterocycles. The fourth-order valence-electron chi connectivity index (χ4n) is 2.49. The van der Waals surface area contributed by atoms with Crippen molar-refractivity contribution in [2.45, 2.75) is 24.1 Å². The summed E-state index contributed by atoms with van der Waals surface area (Å²) in [6.45, 7) is -0.0787. The number of halogens is 4. The summed E-state index contributed by atoms with van der Waals surface area (Å²) in [5, 5.41) is 8.41. The van der Waals surface area contributed by atoms with Crippen molar-refractivity contribution in [2.24, 2.45) is 5.92 Å². The molecule has 1 fully saturated rings. The maximum Gasteiger partial charge on any atom is 0.471 e. The summed E-state index contributed by atoms with van der Waals surface area (Å²) in [5.74, 6) is -2.29. The predicted molar refractivity (Wildman–Crippen MR) is 63.4 cm³/mol. The van der Waals surface area contributed by atoms with Crippen molar-refractivity contribution < 1.29 is 23.1 Å². The van der Waals surface area contributed by atoms with E-state index in [4.69, 9.17) is 11.6 Å². The number of nitrogens with zero attached hydrogens (tertiary/aromatic N) is 1. The molecule has 0 radical (unpaired) electrons. The Balaban J connectivity index is 2.14. The van der Waals surface area contributed by atoms with Crippen LogP contribution in [0.3, 0.4) is 0 Å². The highest BCUT2D eigenvalue weighted by molar-refractivity contribution is 6.24. The lowest BCUT2D eigenvalue weighted by molar-refractivity contribution is -0.185. The largest absolute Gasteiger partial charge is 0.471 e. The number of allylic oxidation sites excluding steroid dienone is 2. The van der Waals surface area contributed by atoms with Crippen LogP contribution in [0.25, 0.3) is 0 Å². The van der Waals surface area contributed by atoms with Gasteiger partial charge in [0.1, 0.15) is 0 Å². The van der Waals surface area contributed by atoms with E-state index in [1.807, 2.05) is 0 Å². The van der Waals surface area contributed by atoms with Gasteiger partial charge in [0.2, 0.25) is 0 Å². The summed E-state index contributed by atoms with van der Waals surface area (Å²) in [6, 6.07) is 0. The zero-order valence-electron chi connectivity index (χ0n) is 9.95. The molecular formula is C12H13ClF3NO2. The summed E-state index contributed by atoms with van der Waals surface area (Å²) in [6.07, 6.45) is 0.358. The van der Waals surface area contributed by atoms with Gasteiger partial charge in [-0.15, -0.1) is 0 Å². The Kier molecular flexibility index (Phi) is 3.66. The molecule has 2 rings (SSSR count). The summed E-state index contributed by atoms with van der Waals surface area (Å²) in [7, 11) is 0. The first-order chi connectivity index (χ1) is 8.72. The van der Waals surface area contributed by atoms with Gasteiger partial charge in [0.05, 0.1) is 0 Å². The van der Waals surface area contributed by atoms with Crippen molar-refractivity contribution >= 4 is 17.5 Å². The lowest BCUT2D eigenvalue weighted by Gasteiger charge is -2.31. The minimum Gasteiger partial charge on any atom is -0.371 e. The molecule has 0 bridgehead atoms. The third-order valence-electron chi connectivity index (χ3n) is 3.46. The van der Waals surface area contributed by atoms with Crippen LogP contribution in [0.1, 0.15) is 12.8 Å². The van der Waals surface area contributed by atoms with Crippen LogP contribution in [0, 0.1) is 5.92 Å². The highest BCUT2D eigenvalue weighted by Crippen LogP contribution is 2.39. The van der Waals surface area contributed by atoms with Gasteiger partial charge in [-0.3, -0.25) is 4.79 Å². The molecular weight excluding hydrogens is 283 g/mol. The van der Waals surface area contributed by atoms with Crippen LogP contribution in [0.15, 0.2) is 23.8 Å². The van der Waals surface area contributed by atoms with E-state index in [0.29, 0.717) is 0 Å². The minimum absolute atomic E-state index is 0.0124. The monoisotopic (exact) mass is 295 g/mol. The van der Waals surface area contributed by atoms with Crippen LogP contribution in [0.5, 0.6) is 0 Å². The summed E-state index contributed by atoms with van der Waals surface area (Å²) in [5.41, 5.74) is 0.775. The average Bonchev–Trinajstić information content (AvgIpc) is 2.49. The van der Waals surface area contributed by atoms with Crippen LogP contribution in [-0.4, -0.2) is 40.2 Å². The van der Waals surface area contributed by atoms with Gasteiger partial charge in [0, 0.05) is 19.0 Å². The number of amides is 1.